The molecule has 0 aromatic heterocycles. The van der Waals surface area contributed by atoms with E-state index in [9.17, 15) is 4.79 Å². The highest BCUT2D eigenvalue weighted by Crippen LogP contribution is 1.89. The average molecular weight is 232 g/mol. The number of rotatable bonds is 10. The van der Waals surface area contributed by atoms with Gasteiger partial charge in [0.05, 0.1) is 19.3 Å². The van der Waals surface area contributed by atoms with Crippen molar-refractivity contribution in [3.63, 3.8) is 0 Å². The molecular formula is C11H24N2O3. The van der Waals surface area contributed by atoms with Crippen LogP contribution in [0.2, 0.25) is 0 Å². The summed E-state index contributed by atoms with van der Waals surface area (Å²) in [4.78, 5) is 11.3. The highest BCUT2D eigenvalue weighted by Gasteiger charge is 2.01. The lowest BCUT2D eigenvalue weighted by atomic mass is 10.4. The summed E-state index contributed by atoms with van der Waals surface area (Å²) in [5.74, 6) is 0.0363. The van der Waals surface area contributed by atoms with Crippen molar-refractivity contribution in [2.45, 2.75) is 26.4 Å². The number of hydrogen-bond acceptors (Lipinski definition) is 4. The summed E-state index contributed by atoms with van der Waals surface area (Å²) in [5.41, 5.74) is 0. The van der Waals surface area contributed by atoms with Crippen molar-refractivity contribution in [1.82, 2.24) is 10.6 Å². The Labute approximate surface area is 97.9 Å². The van der Waals surface area contributed by atoms with E-state index in [0.717, 1.165) is 13.1 Å². The van der Waals surface area contributed by atoms with E-state index in [0.29, 0.717) is 26.2 Å². The summed E-state index contributed by atoms with van der Waals surface area (Å²) in [6.45, 7) is 7.30. The second-order valence-corrected chi connectivity index (χ2v) is 3.76. The average Bonchev–Trinajstić information content (AvgIpc) is 2.22. The lowest BCUT2D eigenvalue weighted by Gasteiger charge is -2.08. The Bertz CT molecular complexity index is 175. The zero-order chi connectivity index (χ0) is 12.2. The minimum Gasteiger partial charge on any atom is -0.383 e. The van der Waals surface area contributed by atoms with Gasteiger partial charge in [-0.2, -0.15) is 0 Å². The third kappa shape index (κ3) is 11.4. The lowest BCUT2D eigenvalue weighted by molar-refractivity contribution is -0.122. The first-order chi connectivity index (χ1) is 7.66. The zero-order valence-corrected chi connectivity index (χ0v) is 10.5. The van der Waals surface area contributed by atoms with Crippen molar-refractivity contribution in [1.29, 1.82) is 0 Å². The van der Waals surface area contributed by atoms with Crippen molar-refractivity contribution in [3.8, 4) is 0 Å². The molecule has 5 heteroatoms. The summed E-state index contributed by atoms with van der Waals surface area (Å²) in [6, 6.07) is 0. The molecule has 0 radical (unpaired) electrons. The van der Waals surface area contributed by atoms with Crippen LogP contribution >= 0.6 is 0 Å². The molecule has 0 heterocycles. The molecule has 0 aliphatic carbocycles. The molecule has 2 N–H and O–H groups in total. The summed E-state index contributed by atoms with van der Waals surface area (Å²) >= 11 is 0. The Morgan fingerprint density at radius 3 is 2.56 bits per heavy atom. The van der Waals surface area contributed by atoms with Gasteiger partial charge < -0.3 is 20.1 Å². The highest BCUT2D eigenvalue weighted by atomic mass is 16.5. The Morgan fingerprint density at radius 1 is 1.19 bits per heavy atom. The van der Waals surface area contributed by atoms with Crippen molar-refractivity contribution >= 4 is 5.91 Å². The predicted octanol–water partition coefficient (Wildman–Crippen LogP) is 0.154. The van der Waals surface area contributed by atoms with E-state index in [1.807, 2.05) is 13.8 Å². The summed E-state index contributed by atoms with van der Waals surface area (Å²) in [6.07, 6.45) is 0.611. The second kappa shape index (κ2) is 10.9. The fourth-order valence-electron chi connectivity index (χ4n) is 1.07. The maximum atomic E-state index is 11.3. The molecule has 0 aromatic carbocycles. The minimum atomic E-state index is 0.0363. The number of ether oxygens (including phenoxy) is 2. The molecule has 16 heavy (non-hydrogen) atoms. The molecule has 0 rings (SSSR count). The molecule has 0 fully saturated rings. The van der Waals surface area contributed by atoms with Gasteiger partial charge in [0.2, 0.25) is 5.91 Å². The Kier molecular flexibility index (Phi) is 10.4. The molecule has 0 bridgehead atoms. The fourth-order valence-corrected chi connectivity index (χ4v) is 1.07. The number of carbonyl (C=O) groups excluding carboxylic acids is 1. The van der Waals surface area contributed by atoms with Crippen molar-refractivity contribution in [2.75, 3.05) is 40.0 Å². The normalized spacial score (nSPS) is 10.8. The molecule has 0 saturated heterocycles. The van der Waals surface area contributed by atoms with Gasteiger partial charge in [0.1, 0.15) is 0 Å². The molecule has 0 atom stereocenters. The fraction of sp³-hybridized carbons (Fsp3) is 0.909. The summed E-state index contributed by atoms with van der Waals surface area (Å²) in [5, 5.41) is 5.96. The molecule has 0 aliphatic heterocycles. The Morgan fingerprint density at radius 2 is 1.94 bits per heavy atom. The van der Waals surface area contributed by atoms with E-state index in [1.54, 1.807) is 7.11 Å². The van der Waals surface area contributed by atoms with E-state index >= 15 is 0 Å². The standard InChI is InChI=1S/C11H24N2O3/c1-10(2)16-8-4-11(14)13-6-5-12-7-9-15-3/h10,12H,4-9H2,1-3H3,(H,13,14). The van der Waals surface area contributed by atoms with Gasteiger partial charge in [0.15, 0.2) is 0 Å². The van der Waals surface area contributed by atoms with Crippen molar-refractivity contribution < 1.29 is 14.3 Å². The van der Waals surface area contributed by atoms with Crippen LogP contribution in [-0.2, 0) is 14.3 Å². The summed E-state index contributed by atoms with van der Waals surface area (Å²) < 4.78 is 10.2. The van der Waals surface area contributed by atoms with E-state index < -0.39 is 0 Å². The van der Waals surface area contributed by atoms with Crippen LogP contribution in [0.5, 0.6) is 0 Å². The number of hydrogen-bond donors (Lipinski definition) is 2. The highest BCUT2D eigenvalue weighted by molar-refractivity contribution is 5.75. The van der Waals surface area contributed by atoms with Gasteiger partial charge in [0, 0.05) is 33.2 Å². The van der Waals surface area contributed by atoms with E-state index in [2.05, 4.69) is 10.6 Å². The minimum absolute atomic E-state index is 0.0363. The molecule has 0 aromatic rings. The van der Waals surface area contributed by atoms with Crippen LogP contribution in [0.3, 0.4) is 0 Å². The van der Waals surface area contributed by atoms with Gasteiger partial charge in [-0.1, -0.05) is 0 Å². The topological polar surface area (TPSA) is 59.6 Å². The predicted molar refractivity (Wildman–Crippen MR) is 63.5 cm³/mol. The molecule has 96 valence electrons. The van der Waals surface area contributed by atoms with Crippen LogP contribution in [0, 0.1) is 0 Å². The molecule has 0 aliphatic rings. The third-order valence-corrected chi connectivity index (χ3v) is 1.89. The lowest BCUT2D eigenvalue weighted by Crippen LogP contribution is -2.33. The second-order valence-electron chi connectivity index (χ2n) is 3.76. The van der Waals surface area contributed by atoms with E-state index in [1.165, 1.54) is 0 Å². The smallest absolute Gasteiger partial charge is 0.222 e. The van der Waals surface area contributed by atoms with Gasteiger partial charge in [-0.3, -0.25) is 4.79 Å². The zero-order valence-electron chi connectivity index (χ0n) is 10.5. The van der Waals surface area contributed by atoms with Crippen molar-refractivity contribution in [3.05, 3.63) is 0 Å². The Balaban J connectivity index is 3.17. The van der Waals surface area contributed by atoms with Crippen LogP contribution in [0.15, 0.2) is 0 Å². The SMILES string of the molecule is COCCNCCNC(=O)CCOC(C)C. The van der Waals surface area contributed by atoms with Crippen LogP contribution in [-0.4, -0.2) is 52.0 Å². The number of carbonyl (C=O) groups is 1. The molecule has 0 saturated carbocycles. The quantitative estimate of drug-likeness (QED) is 0.527. The van der Waals surface area contributed by atoms with Gasteiger partial charge in [-0.15, -0.1) is 0 Å². The third-order valence-electron chi connectivity index (χ3n) is 1.89. The molecule has 1 amide bonds. The first kappa shape index (κ1) is 15.3. The molecule has 0 spiro atoms. The monoisotopic (exact) mass is 232 g/mol. The van der Waals surface area contributed by atoms with Gasteiger partial charge in [-0.05, 0) is 13.8 Å². The van der Waals surface area contributed by atoms with Gasteiger partial charge in [-0.25, -0.2) is 0 Å². The first-order valence-corrected chi connectivity index (χ1v) is 5.74. The van der Waals surface area contributed by atoms with Crippen LogP contribution in [0.25, 0.3) is 0 Å². The number of amides is 1. The van der Waals surface area contributed by atoms with Gasteiger partial charge in [0.25, 0.3) is 0 Å². The molecular weight excluding hydrogens is 208 g/mol. The first-order valence-electron chi connectivity index (χ1n) is 5.74. The van der Waals surface area contributed by atoms with Crippen LogP contribution in [0.4, 0.5) is 0 Å². The number of nitrogens with one attached hydrogen (secondary N) is 2. The van der Waals surface area contributed by atoms with E-state index in [-0.39, 0.29) is 12.0 Å². The number of methoxy groups -OCH3 is 1. The molecule has 0 unspecified atom stereocenters. The van der Waals surface area contributed by atoms with Crippen LogP contribution < -0.4 is 10.6 Å². The maximum absolute atomic E-state index is 11.3. The Hall–Kier alpha value is -0.650. The van der Waals surface area contributed by atoms with Crippen LogP contribution in [0.1, 0.15) is 20.3 Å². The molecule has 5 nitrogen and oxygen atoms in total. The van der Waals surface area contributed by atoms with Crippen molar-refractivity contribution in [2.24, 2.45) is 0 Å². The summed E-state index contributed by atoms with van der Waals surface area (Å²) in [7, 11) is 1.66. The maximum Gasteiger partial charge on any atom is 0.222 e. The van der Waals surface area contributed by atoms with E-state index in [4.69, 9.17) is 9.47 Å². The van der Waals surface area contributed by atoms with Gasteiger partial charge >= 0.3 is 0 Å². The largest absolute Gasteiger partial charge is 0.383 e.